The Balaban J connectivity index is 2.16. The average molecular weight is 236 g/mol. The van der Waals surface area contributed by atoms with Gasteiger partial charge < -0.3 is 9.47 Å². The summed E-state index contributed by atoms with van der Waals surface area (Å²) in [6.07, 6.45) is 1.08. The minimum Gasteiger partial charge on any atom is -0.466 e. The number of benzene rings is 1. The summed E-state index contributed by atoms with van der Waals surface area (Å²) in [6, 6.07) is 8.88. The molecule has 0 aliphatic rings. The van der Waals surface area contributed by atoms with Gasteiger partial charge in [-0.05, 0) is 18.6 Å². The molecule has 0 heterocycles. The van der Waals surface area contributed by atoms with Crippen LogP contribution in [-0.2, 0) is 14.3 Å². The van der Waals surface area contributed by atoms with E-state index >= 15 is 0 Å². The summed E-state index contributed by atoms with van der Waals surface area (Å²) in [6.45, 7) is 1.99. The highest BCUT2D eigenvalue weighted by Gasteiger charge is 2.05. The maximum Gasteiger partial charge on any atom is 0.311 e. The maximum absolute atomic E-state index is 11.4. The zero-order valence-electron chi connectivity index (χ0n) is 9.85. The summed E-state index contributed by atoms with van der Waals surface area (Å²) in [7, 11) is 0. The Bertz CT molecular complexity index is 359. The molecule has 0 N–H and O–H groups in total. The lowest BCUT2D eigenvalue weighted by molar-refractivity contribution is -0.144. The molecule has 92 valence electrons. The van der Waals surface area contributed by atoms with Crippen molar-refractivity contribution in [2.75, 3.05) is 6.61 Å². The molecule has 1 aromatic carbocycles. The van der Waals surface area contributed by atoms with Crippen molar-refractivity contribution >= 4 is 11.9 Å². The van der Waals surface area contributed by atoms with Crippen molar-refractivity contribution in [3.63, 3.8) is 0 Å². The molecule has 4 heteroatoms. The van der Waals surface area contributed by atoms with Crippen molar-refractivity contribution in [2.24, 2.45) is 0 Å². The molecule has 17 heavy (non-hydrogen) atoms. The lowest BCUT2D eigenvalue weighted by Crippen LogP contribution is -2.10. The van der Waals surface area contributed by atoms with Crippen LogP contribution in [0.5, 0.6) is 5.75 Å². The van der Waals surface area contributed by atoms with Gasteiger partial charge in [-0.3, -0.25) is 9.59 Å². The lowest BCUT2D eigenvalue weighted by atomic mass is 10.3. The van der Waals surface area contributed by atoms with E-state index in [9.17, 15) is 9.59 Å². The van der Waals surface area contributed by atoms with Crippen LogP contribution in [0.15, 0.2) is 30.3 Å². The van der Waals surface area contributed by atoms with E-state index in [0.717, 1.165) is 0 Å². The molecule has 0 atom stereocenters. The number of rotatable bonds is 6. The fraction of sp³-hybridized carbons (Fsp3) is 0.385. The predicted octanol–water partition coefficient (Wildman–Crippen LogP) is 2.33. The maximum atomic E-state index is 11.4. The zero-order chi connectivity index (χ0) is 12.5. The number of carbonyl (C=O) groups is 2. The summed E-state index contributed by atoms with van der Waals surface area (Å²) >= 11 is 0. The standard InChI is InChI=1S/C13H16O4/c1-2-12(14)16-10-6-9-13(15)17-11-7-4-3-5-8-11/h3-5,7-8H,2,6,9-10H2,1H3. The van der Waals surface area contributed by atoms with Gasteiger partial charge in [0, 0.05) is 12.8 Å². The van der Waals surface area contributed by atoms with Crippen molar-refractivity contribution in [3.8, 4) is 5.75 Å². The van der Waals surface area contributed by atoms with Crippen molar-refractivity contribution < 1.29 is 19.1 Å². The quantitative estimate of drug-likeness (QED) is 0.432. The fourth-order valence-electron chi connectivity index (χ4n) is 1.18. The Morgan fingerprint density at radius 2 is 1.82 bits per heavy atom. The van der Waals surface area contributed by atoms with Crippen molar-refractivity contribution in [2.45, 2.75) is 26.2 Å². The normalized spacial score (nSPS) is 9.71. The number of carbonyl (C=O) groups excluding carboxylic acids is 2. The molecule has 1 rings (SSSR count). The van der Waals surface area contributed by atoms with Crippen molar-refractivity contribution in [1.29, 1.82) is 0 Å². The molecule has 4 nitrogen and oxygen atoms in total. The highest BCUT2D eigenvalue weighted by molar-refractivity contribution is 5.72. The molecule has 0 aromatic heterocycles. The van der Waals surface area contributed by atoms with E-state index in [1.807, 2.05) is 6.07 Å². The van der Waals surface area contributed by atoms with Crippen LogP contribution in [-0.4, -0.2) is 18.5 Å². The van der Waals surface area contributed by atoms with Crippen LogP contribution in [0.3, 0.4) is 0 Å². The predicted molar refractivity (Wildman–Crippen MR) is 62.6 cm³/mol. The topological polar surface area (TPSA) is 52.6 Å². The minimum atomic E-state index is -0.316. The Hall–Kier alpha value is -1.84. The van der Waals surface area contributed by atoms with Crippen LogP contribution >= 0.6 is 0 Å². The van der Waals surface area contributed by atoms with Crippen molar-refractivity contribution in [1.82, 2.24) is 0 Å². The smallest absolute Gasteiger partial charge is 0.311 e. The lowest BCUT2D eigenvalue weighted by Gasteiger charge is -2.04. The first-order valence-corrected chi connectivity index (χ1v) is 5.63. The van der Waals surface area contributed by atoms with E-state index < -0.39 is 0 Å². The van der Waals surface area contributed by atoms with Crippen LogP contribution < -0.4 is 4.74 Å². The third-order valence-corrected chi connectivity index (χ3v) is 2.05. The first kappa shape index (κ1) is 13.2. The Labute approximate surface area is 101 Å². The van der Waals surface area contributed by atoms with Gasteiger partial charge in [-0.2, -0.15) is 0 Å². The number of hydrogen-bond donors (Lipinski definition) is 0. The number of esters is 2. The monoisotopic (exact) mass is 236 g/mol. The van der Waals surface area contributed by atoms with Gasteiger partial charge >= 0.3 is 11.9 Å². The molecule has 0 spiro atoms. The largest absolute Gasteiger partial charge is 0.466 e. The van der Waals surface area contributed by atoms with E-state index in [2.05, 4.69) is 0 Å². The van der Waals surface area contributed by atoms with Crippen LogP contribution in [0.4, 0.5) is 0 Å². The van der Waals surface area contributed by atoms with Gasteiger partial charge in [-0.25, -0.2) is 0 Å². The van der Waals surface area contributed by atoms with Gasteiger partial charge in [0.2, 0.25) is 0 Å². The molecular weight excluding hydrogens is 220 g/mol. The van der Waals surface area contributed by atoms with E-state index in [4.69, 9.17) is 9.47 Å². The Kier molecular flexibility index (Phi) is 5.79. The second-order valence-electron chi connectivity index (χ2n) is 3.46. The van der Waals surface area contributed by atoms with E-state index in [1.54, 1.807) is 31.2 Å². The second-order valence-corrected chi connectivity index (χ2v) is 3.46. The summed E-state index contributed by atoms with van der Waals surface area (Å²) in [5.74, 6) is -0.0340. The average Bonchev–Trinajstić information content (AvgIpc) is 2.35. The van der Waals surface area contributed by atoms with Crippen molar-refractivity contribution in [3.05, 3.63) is 30.3 Å². The molecule has 0 radical (unpaired) electrons. The molecule has 0 amide bonds. The third-order valence-electron chi connectivity index (χ3n) is 2.05. The van der Waals surface area contributed by atoms with Gasteiger partial charge in [-0.1, -0.05) is 25.1 Å². The van der Waals surface area contributed by atoms with Gasteiger partial charge in [0.1, 0.15) is 5.75 Å². The highest BCUT2D eigenvalue weighted by Crippen LogP contribution is 2.09. The first-order valence-electron chi connectivity index (χ1n) is 5.63. The van der Waals surface area contributed by atoms with Crippen LogP contribution in [0.2, 0.25) is 0 Å². The van der Waals surface area contributed by atoms with Gasteiger partial charge in [0.05, 0.1) is 6.61 Å². The highest BCUT2D eigenvalue weighted by atomic mass is 16.5. The number of ether oxygens (including phenoxy) is 2. The number of hydrogen-bond acceptors (Lipinski definition) is 4. The van der Waals surface area contributed by atoms with Gasteiger partial charge in [0.15, 0.2) is 0 Å². The van der Waals surface area contributed by atoms with Crippen LogP contribution in [0, 0.1) is 0 Å². The molecule has 0 bridgehead atoms. The molecule has 0 fully saturated rings. The molecule has 0 saturated carbocycles. The molecule has 1 aromatic rings. The van der Waals surface area contributed by atoms with Gasteiger partial charge in [0.25, 0.3) is 0 Å². The van der Waals surface area contributed by atoms with Crippen LogP contribution in [0.1, 0.15) is 26.2 Å². The Morgan fingerprint density at radius 1 is 1.12 bits per heavy atom. The molecular formula is C13H16O4. The first-order chi connectivity index (χ1) is 8.22. The zero-order valence-corrected chi connectivity index (χ0v) is 9.85. The van der Waals surface area contributed by atoms with E-state index in [-0.39, 0.29) is 25.0 Å². The van der Waals surface area contributed by atoms with E-state index in [0.29, 0.717) is 18.6 Å². The third kappa shape index (κ3) is 5.70. The summed E-state index contributed by atoms with van der Waals surface area (Å²) < 4.78 is 9.91. The van der Waals surface area contributed by atoms with Crippen LogP contribution in [0.25, 0.3) is 0 Å². The SMILES string of the molecule is CCC(=O)OCCCC(=O)Oc1ccccc1. The van der Waals surface area contributed by atoms with E-state index in [1.165, 1.54) is 0 Å². The molecule has 0 aliphatic heterocycles. The second kappa shape index (κ2) is 7.44. The minimum absolute atomic E-state index is 0.242. The summed E-state index contributed by atoms with van der Waals surface area (Å²) in [5.41, 5.74) is 0. The Morgan fingerprint density at radius 3 is 2.47 bits per heavy atom. The molecule has 0 aliphatic carbocycles. The molecule has 0 saturated heterocycles. The summed E-state index contributed by atoms with van der Waals surface area (Å²) in [4.78, 5) is 22.2. The fourth-order valence-corrected chi connectivity index (χ4v) is 1.18. The van der Waals surface area contributed by atoms with Gasteiger partial charge in [-0.15, -0.1) is 0 Å². The number of para-hydroxylation sites is 1. The summed E-state index contributed by atoms with van der Waals surface area (Å²) in [5, 5.41) is 0. The molecule has 0 unspecified atom stereocenters.